The number of halogens is 2. The third kappa shape index (κ3) is 2.84. The molecule has 0 bridgehead atoms. The third-order valence-electron chi connectivity index (χ3n) is 6.03. The van der Waals surface area contributed by atoms with E-state index in [0.29, 0.717) is 15.9 Å². The van der Waals surface area contributed by atoms with Crippen molar-refractivity contribution in [1.29, 1.82) is 0 Å². The minimum absolute atomic E-state index is 0. The molecule has 6 rings (SSSR count). The van der Waals surface area contributed by atoms with E-state index in [2.05, 4.69) is 26.4 Å². The van der Waals surface area contributed by atoms with Crippen molar-refractivity contribution < 1.29 is 4.39 Å². The Kier molecular flexibility index (Phi) is 4.57. The van der Waals surface area contributed by atoms with Crippen molar-refractivity contribution in [3.63, 3.8) is 0 Å². The van der Waals surface area contributed by atoms with Crippen LogP contribution in [0, 0.1) is 5.82 Å². The second kappa shape index (κ2) is 7.04. The minimum Gasteiger partial charge on any atom is -0.328 e. The molecule has 154 valence electrons. The maximum absolute atomic E-state index is 15.1. The van der Waals surface area contributed by atoms with Crippen LogP contribution in [0.2, 0.25) is 0 Å². The first-order valence-corrected chi connectivity index (χ1v) is 10.7. The zero-order chi connectivity index (χ0) is 19.7. The maximum Gasteiger partial charge on any atom is 0.271 e. The highest BCUT2D eigenvalue weighted by Crippen LogP contribution is 2.41. The molecule has 2 aliphatic rings. The molecule has 1 aliphatic heterocycles. The average molecular weight is 444 g/mol. The van der Waals surface area contributed by atoms with Gasteiger partial charge < -0.3 is 9.88 Å². The average Bonchev–Trinajstić information content (AvgIpc) is 3.50. The van der Waals surface area contributed by atoms with Crippen molar-refractivity contribution in [3.8, 4) is 11.1 Å². The van der Waals surface area contributed by atoms with Crippen LogP contribution >= 0.6 is 23.9 Å². The second-order valence-electron chi connectivity index (χ2n) is 7.90. The Balaban J connectivity index is 0.00000193. The molecule has 2 N–H and O–H groups in total. The molecule has 1 saturated carbocycles. The number of rotatable bonds is 2. The highest BCUT2D eigenvalue weighted by atomic mass is 35.5. The molecule has 1 aliphatic carbocycles. The van der Waals surface area contributed by atoms with Crippen molar-refractivity contribution >= 4 is 45.1 Å². The normalized spacial score (nSPS) is 15.9. The van der Waals surface area contributed by atoms with Gasteiger partial charge in [0.05, 0.1) is 5.52 Å². The standard InChI is InChI=1S/C22H18FN3O2S.ClH/c23-17-8-16-18(9-15(17)12-1-2-13-10-24-6-5-11(13)7-12)26(14-3-4-14)22-19(20(16)27)21(28)25-29-22;/h1-2,7-9,14,24H,3-6,10H2,(H,25,28);1H. The lowest BCUT2D eigenvalue weighted by Crippen LogP contribution is -2.23. The Morgan fingerprint density at radius 2 is 1.93 bits per heavy atom. The van der Waals surface area contributed by atoms with E-state index in [9.17, 15) is 9.59 Å². The van der Waals surface area contributed by atoms with Crippen LogP contribution in [0.3, 0.4) is 0 Å². The summed E-state index contributed by atoms with van der Waals surface area (Å²) in [5.74, 6) is -0.433. The van der Waals surface area contributed by atoms with Crippen LogP contribution in [-0.4, -0.2) is 15.5 Å². The number of aromatic nitrogens is 2. The number of aromatic amines is 1. The Morgan fingerprint density at radius 1 is 1.10 bits per heavy atom. The van der Waals surface area contributed by atoms with E-state index in [1.807, 2.05) is 6.07 Å². The summed E-state index contributed by atoms with van der Waals surface area (Å²) in [6.45, 7) is 1.75. The number of hydrogen-bond donors (Lipinski definition) is 2. The molecule has 0 spiro atoms. The van der Waals surface area contributed by atoms with Crippen molar-refractivity contribution in [1.82, 2.24) is 14.3 Å². The van der Waals surface area contributed by atoms with Crippen LogP contribution in [0.15, 0.2) is 39.9 Å². The molecule has 1 fully saturated rings. The quantitative estimate of drug-likeness (QED) is 0.490. The summed E-state index contributed by atoms with van der Waals surface area (Å²) in [5.41, 5.74) is 3.72. The van der Waals surface area contributed by atoms with Crippen LogP contribution in [0.4, 0.5) is 4.39 Å². The maximum atomic E-state index is 15.1. The highest BCUT2D eigenvalue weighted by molar-refractivity contribution is 7.12. The van der Waals surface area contributed by atoms with Crippen LogP contribution in [-0.2, 0) is 13.0 Å². The van der Waals surface area contributed by atoms with Gasteiger partial charge in [-0.05, 0) is 66.2 Å². The molecule has 0 amide bonds. The van der Waals surface area contributed by atoms with Gasteiger partial charge in [-0.3, -0.25) is 14.0 Å². The smallest absolute Gasteiger partial charge is 0.271 e. The van der Waals surface area contributed by atoms with E-state index in [-0.39, 0.29) is 34.8 Å². The first-order chi connectivity index (χ1) is 14.1. The molecule has 0 saturated heterocycles. The van der Waals surface area contributed by atoms with Crippen molar-refractivity contribution in [2.24, 2.45) is 0 Å². The number of nitrogens with zero attached hydrogens (tertiary/aromatic N) is 1. The Hall–Kier alpha value is -2.48. The number of nitrogens with one attached hydrogen (secondary N) is 2. The van der Waals surface area contributed by atoms with Crippen LogP contribution in [0.5, 0.6) is 0 Å². The zero-order valence-corrected chi connectivity index (χ0v) is 17.6. The van der Waals surface area contributed by atoms with Gasteiger partial charge in [0.25, 0.3) is 5.56 Å². The van der Waals surface area contributed by atoms with Crippen LogP contribution in [0.25, 0.3) is 32.2 Å². The van der Waals surface area contributed by atoms with Gasteiger partial charge in [-0.25, -0.2) is 4.39 Å². The number of benzene rings is 2. The van der Waals surface area contributed by atoms with Gasteiger partial charge in [0, 0.05) is 23.5 Å². The van der Waals surface area contributed by atoms with Gasteiger partial charge in [0.15, 0.2) is 0 Å². The summed E-state index contributed by atoms with van der Waals surface area (Å²) in [5, 5.41) is 3.76. The fourth-order valence-corrected chi connectivity index (χ4v) is 5.34. The fraction of sp³-hybridized carbons (Fsp3) is 0.273. The SMILES string of the molecule is Cl.O=c1[nH]sc2c1c(=O)c1cc(F)c(-c3ccc4c(c3)CCNC4)cc1n2C1CC1. The molecule has 30 heavy (non-hydrogen) atoms. The first-order valence-electron chi connectivity index (χ1n) is 9.83. The molecular formula is C22H19ClFN3O2S. The predicted octanol–water partition coefficient (Wildman–Crippen LogP) is 4.11. The molecule has 3 heterocycles. The van der Waals surface area contributed by atoms with E-state index in [1.54, 1.807) is 6.07 Å². The van der Waals surface area contributed by atoms with Gasteiger partial charge in [0.1, 0.15) is 16.0 Å². The molecule has 2 aromatic heterocycles. The second-order valence-corrected chi connectivity index (χ2v) is 8.70. The number of hydrogen-bond acceptors (Lipinski definition) is 4. The van der Waals surface area contributed by atoms with Gasteiger partial charge in [-0.1, -0.05) is 18.2 Å². The van der Waals surface area contributed by atoms with E-state index >= 15 is 4.39 Å². The molecule has 0 radical (unpaired) electrons. The van der Waals surface area contributed by atoms with Gasteiger partial charge in [-0.2, -0.15) is 0 Å². The molecule has 5 nitrogen and oxygen atoms in total. The summed E-state index contributed by atoms with van der Waals surface area (Å²) in [6.07, 6.45) is 2.92. The van der Waals surface area contributed by atoms with Crippen LogP contribution < -0.4 is 16.3 Å². The molecule has 2 aromatic carbocycles. The lowest BCUT2D eigenvalue weighted by Gasteiger charge is -2.18. The number of H-pyrrole nitrogens is 1. The summed E-state index contributed by atoms with van der Waals surface area (Å²) in [6, 6.07) is 9.41. The van der Waals surface area contributed by atoms with Crippen molar-refractivity contribution in [3.05, 3.63) is 67.9 Å². The zero-order valence-electron chi connectivity index (χ0n) is 16.0. The lowest BCUT2D eigenvalue weighted by molar-refractivity contribution is 0.631. The Labute approximate surface area is 181 Å². The minimum atomic E-state index is -0.433. The molecule has 8 heteroatoms. The predicted molar refractivity (Wildman–Crippen MR) is 121 cm³/mol. The van der Waals surface area contributed by atoms with Crippen LogP contribution in [0.1, 0.15) is 30.0 Å². The van der Waals surface area contributed by atoms with E-state index in [4.69, 9.17) is 0 Å². The van der Waals surface area contributed by atoms with E-state index < -0.39 is 11.2 Å². The van der Waals surface area contributed by atoms with E-state index in [1.165, 1.54) is 28.7 Å². The third-order valence-corrected chi connectivity index (χ3v) is 6.91. The Morgan fingerprint density at radius 3 is 2.73 bits per heavy atom. The van der Waals surface area contributed by atoms with Crippen molar-refractivity contribution in [2.75, 3.05) is 6.54 Å². The van der Waals surface area contributed by atoms with Gasteiger partial charge in [0.2, 0.25) is 5.43 Å². The monoisotopic (exact) mass is 443 g/mol. The topological polar surface area (TPSA) is 66.9 Å². The molecule has 0 unspecified atom stereocenters. The largest absolute Gasteiger partial charge is 0.328 e. The molecular weight excluding hydrogens is 425 g/mol. The number of pyridine rings is 1. The fourth-order valence-electron chi connectivity index (χ4n) is 4.41. The highest BCUT2D eigenvalue weighted by Gasteiger charge is 2.29. The summed E-state index contributed by atoms with van der Waals surface area (Å²) < 4.78 is 19.9. The Bertz CT molecular complexity index is 1430. The summed E-state index contributed by atoms with van der Waals surface area (Å²) in [4.78, 5) is 25.8. The first kappa shape index (κ1) is 19.5. The van der Waals surface area contributed by atoms with E-state index in [0.717, 1.165) is 37.9 Å². The molecule has 0 atom stereocenters. The summed E-state index contributed by atoms with van der Waals surface area (Å²) in [7, 11) is 0. The van der Waals surface area contributed by atoms with Gasteiger partial charge >= 0.3 is 0 Å². The van der Waals surface area contributed by atoms with Gasteiger partial charge in [-0.15, -0.1) is 12.4 Å². The number of fused-ring (bicyclic) bond motifs is 3. The lowest BCUT2D eigenvalue weighted by atomic mass is 9.94. The van der Waals surface area contributed by atoms with Crippen molar-refractivity contribution in [2.45, 2.75) is 31.8 Å². The summed E-state index contributed by atoms with van der Waals surface area (Å²) >= 11 is 1.19. The molecule has 4 aromatic rings.